The molecule has 0 radical (unpaired) electrons. The van der Waals surface area contributed by atoms with E-state index in [4.69, 9.17) is 15.2 Å². The van der Waals surface area contributed by atoms with Gasteiger partial charge in [-0.05, 0) is 36.6 Å². The van der Waals surface area contributed by atoms with E-state index in [1.807, 2.05) is 41.9 Å². The highest BCUT2D eigenvalue weighted by Crippen LogP contribution is 2.34. The molecule has 3 aromatic carbocycles. The predicted molar refractivity (Wildman–Crippen MR) is 162 cm³/mol. The van der Waals surface area contributed by atoms with Gasteiger partial charge in [0.15, 0.2) is 0 Å². The number of likely N-dealkylation sites (tertiary alicyclic amines) is 1. The van der Waals surface area contributed by atoms with Crippen LogP contribution in [0.15, 0.2) is 84.5 Å². The monoisotopic (exact) mass is 554 g/mol. The highest BCUT2D eigenvalue weighted by Gasteiger charge is 2.20. The molecule has 0 unspecified atom stereocenters. The molecule has 3 aromatic heterocycles. The number of anilines is 1. The van der Waals surface area contributed by atoms with E-state index in [2.05, 4.69) is 67.6 Å². The smallest absolute Gasteiger partial charge is 0.234 e. The number of nitriles is 1. The van der Waals surface area contributed by atoms with Gasteiger partial charge in [0.2, 0.25) is 5.82 Å². The van der Waals surface area contributed by atoms with Crippen LogP contribution in [-0.4, -0.2) is 49.0 Å². The average Bonchev–Trinajstić information content (AvgIpc) is 3.52. The van der Waals surface area contributed by atoms with Crippen LogP contribution in [0.25, 0.3) is 43.8 Å². The third-order valence-corrected chi connectivity index (χ3v) is 8.30. The minimum atomic E-state index is 0.192. The molecule has 1 N–H and O–H groups in total. The van der Waals surface area contributed by atoms with Crippen LogP contribution < -0.4 is 5.32 Å². The number of nitrogens with one attached hydrogen (secondary N) is 1. The van der Waals surface area contributed by atoms with E-state index in [1.165, 1.54) is 5.56 Å². The van der Waals surface area contributed by atoms with Crippen molar-refractivity contribution in [2.75, 3.05) is 18.4 Å². The topological polar surface area (TPSA) is 104 Å². The summed E-state index contributed by atoms with van der Waals surface area (Å²) < 4.78 is 1.11. The molecule has 0 saturated carbocycles. The van der Waals surface area contributed by atoms with E-state index < -0.39 is 0 Å². The van der Waals surface area contributed by atoms with Crippen LogP contribution in [0.4, 0.5) is 5.82 Å². The standard InChI is InChI=1S/C32H26N8S/c33-18-28-34-15-12-27(38-28)36-24-13-16-40(17-14-24)19-21-6-8-23(9-7-21)30-29(22-4-2-1-3-5-22)37-25-10-11-26-32(31(25)39-30)35-20-41-26/h1-12,15,20,24H,13-14,16-17,19H2,(H,34,36,38). The van der Waals surface area contributed by atoms with Crippen molar-refractivity contribution in [3.63, 3.8) is 0 Å². The fraction of sp³-hybridized carbons (Fsp3) is 0.188. The number of hydrogen-bond acceptors (Lipinski definition) is 9. The molecule has 41 heavy (non-hydrogen) atoms. The molecule has 4 heterocycles. The maximum Gasteiger partial charge on any atom is 0.234 e. The van der Waals surface area contributed by atoms with Crippen molar-refractivity contribution in [3.05, 3.63) is 95.9 Å². The fourth-order valence-electron chi connectivity index (χ4n) is 5.41. The van der Waals surface area contributed by atoms with E-state index in [0.717, 1.165) is 76.2 Å². The molecule has 1 aliphatic heterocycles. The van der Waals surface area contributed by atoms with Gasteiger partial charge in [0.25, 0.3) is 0 Å². The Kier molecular flexibility index (Phi) is 6.77. The summed E-state index contributed by atoms with van der Waals surface area (Å²) in [6.07, 6.45) is 3.66. The molecule has 1 saturated heterocycles. The predicted octanol–water partition coefficient (Wildman–Crippen LogP) is 6.31. The molecule has 0 spiro atoms. The zero-order chi connectivity index (χ0) is 27.6. The number of hydrogen-bond donors (Lipinski definition) is 1. The molecular formula is C32H26N8S. The molecule has 0 atom stereocenters. The number of rotatable bonds is 6. The lowest BCUT2D eigenvalue weighted by molar-refractivity contribution is 0.211. The number of piperidine rings is 1. The largest absolute Gasteiger partial charge is 0.367 e. The molecule has 0 bridgehead atoms. The van der Waals surface area contributed by atoms with Crippen molar-refractivity contribution in [2.24, 2.45) is 0 Å². The first kappa shape index (κ1) is 25.2. The van der Waals surface area contributed by atoms with E-state index in [-0.39, 0.29) is 5.82 Å². The SMILES string of the molecule is N#Cc1nccc(NC2CCN(Cc3ccc(-c4nc5c(ccc6scnc65)nc4-c4ccccc4)cc3)CC2)n1. The van der Waals surface area contributed by atoms with Gasteiger partial charge in [-0.3, -0.25) is 4.90 Å². The highest BCUT2D eigenvalue weighted by molar-refractivity contribution is 7.16. The molecule has 1 fully saturated rings. The van der Waals surface area contributed by atoms with E-state index in [0.29, 0.717) is 11.9 Å². The lowest BCUT2D eigenvalue weighted by Crippen LogP contribution is -2.38. The number of benzene rings is 3. The molecule has 0 amide bonds. The van der Waals surface area contributed by atoms with Gasteiger partial charge in [-0.1, -0.05) is 54.6 Å². The molecule has 9 heteroatoms. The zero-order valence-corrected chi connectivity index (χ0v) is 23.1. The second-order valence-electron chi connectivity index (χ2n) is 10.2. The first-order valence-corrected chi connectivity index (χ1v) is 14.5. The van der Waals surface area contributed by atoms with Gasteiger partial charge >= 0.3 is 0 Å². The van der Waals surface area contributed by atoms with Crippen molar-refractivity contribution >= 4 is 38.4 Å². The van der Waals surface area contributed by atoms with Crippen LogP contribution >= 0.6 is 11.3 Å². The minimum absolute atomic E-state index is 0.192. The quantitative estimate of drug-likeness (QED) is 0.255. The molecule has 8 nitrogen and oxygen atoms in total. The van der Waals surface area contributed by atoms with Gasteiger partial charge in [-0.2, -0.15) is 5.26 Å². The maximum absolute atomic E-state index is 9.04. The molecule has 6 aromatic rings. The summed E-state index contributed by atoms with van der Waals surface area (Å²) >= 11 is 1.62. The highest BCUT2D eigenvalue weighted by atomic mass is 32.1. The second kappa shape index (κ2) is 11.0. The number of aromatic nitrogens is 5. The normalized spacial score (nSPS) is 14.3. The Balaban J connectivity index is 1.10. The van der Waals surface area contributed by atoms with Crippen molar-refractivity contribution in [3.8, 4) is 28.6 Å². The summed E-state index contributed by atoms with van der Waals surface area (Å²) in [6.45, 7) is 2.88. The van der Waals surface area contributed by atoms with Crippen LogP contribution in [0.3, 0.4) is 0 Å². The number of nitrogens with zero attached hydrogens (tertiary/aromatic N) is 7. The second-order valence-corrected chi connectivity index (χ2v) is 11.1. The first-order chi connectivity index (χ1) is 20.2. The van der Waals surface area contributed by atoms with E-state index in [9.17, 15) is 0 Å². The minimum Gasteiger partial charge on any atom is -0.367 e. The zero-order valence-electron chi connectivity index (χ0n) is 22.2. The van der Waals surface area contributed by atoms with Crippen molar-refractivity contribution in [1.29, 1.82) is 5.26 Å². The van der Waals surface area contributed by atoms with Crippen molar-refractivity contribution in [1.82, 2.24) is 29.8 Å². The number of thiazole rings is 1. The lowest BCUT2D eigenvalue weighted by Gasteiger charge is -2.32. The van der Waals surface area contributed by atoms with Crippen LogP contribution in [-0.2, 0) is 6.54 Å². The van der Waals surface area contributed by atoms with E-state index >= 15 is 0 Å². The Hall–Kier alpha value is -4.78. The third-order valence-electron chi connectivity index (χ3n) is 7.51. The molecule has 200 valence electrons. The van der Waals surface area contributed by atoms with Crippen LogP contribution in [0.5, 0.6) is 0 Å². The molecule has 0 aliphatic carbocycles. The van der Waals surface area contributed by atoms with Crippen molar-refractivity contribution < 1.29 is 0 Å². The summed E-state index contributed by atoms with van der Waals surface area (Å²) in [5, 5.41) is 12.5. The summed E-state index contributed by atoms with van der Waals surface area (Å²) in [6, 6.07) is 27.3. The Bertz CT molecular complexity index is 1870. The van der Waals surface area contributed by atoms with Crippen LogP contribution in [0.2, 0.25) is 0 Å². The van der Waals surface area contributed by atoms with Gasteiger partial charge in [0.1, 0.15) is 22.9 Å². The molecule has 7 rings (SSSR count). The summed E-state index contributed by atoms with van der Waals surface area (Å²) in [5.41, 5.74) is 9.56. The van der Waals surface area contributed by atoms with Gasteiger partial charge in [-0.25, -0.2) is 24.9 Å². The third kappa shape index (κ3) is 5.23. The Morgan fingerprint density at radius 2 is 1.61 bits per heavy atom. The van der Waals surface area contributed by atoms with Crippen molar-refractivity contribution in [2.45, 2.75) is 25.4 Å². The summed E-state index contributed by atoms with van der Waals surface area (Å²) in [4.78, 5) is 25.5. The summed E-state index contributed by atoms with van der Waals surface area (Å²) in [7, 11) is 0. The molecule has 1 aliphatic rings. The summed E-state index contributed by atoms with van der Waals surface area (Å²) in [5.74, 6) is 0.908. The van der Waals surface area contributed by atoms with Gasteiger partial charge < -0.3 is 5.32 Å². The number of fused-ring (bicyclic) bond motifs is 3. The Morgan fingerprint density at radius 3 is 2.41 bits per heavy atom. The first-order valence-electron chi connectivity index (χ1n) is 13.6. The average molecular weight is 555 g/mol. The van der Waals surface area contributed by atoms with E-state index in [1.54, 1.807) is 17.5 Å². The Morgan fingerprint density at radius 1 is 0.829 bits per heavy atom. The van der Waals surface area contributed by atoms with Gasteiger partial charge in [-0.15, -0.1) is 11.3 Å². The fourth-order valence-corrected chi connectivity index (χ4v) is 6.09. The lowest BCUT2D eigenvalue weighted by atomic mass is 10.0. The van der Waals surface area contributed by atoms with Gasteiger partial charge in [0.05, 0.1) is 27.1 Å². The Labute approximate surface area is 241 Å². The van der Waals surface area contributed by atoms with Crippen LogP contribution in [0, 0.1) is 11.3 Å². The van der Waals surface area contributed by atoms with Crippen LogP contribution in [0.1, 0.15) is 24.2 Å². The van der Waals surface area contributed by atoms with Gasteiger partial charge in [0, 0.05) is 43.0 Å². The maximum atomic E-state index is 9.04. The molecular weight excluding hydrogens is 528 g/mol.